The largest absolute Gasteiger partial charge is 0.460 e. The van der Waals surface area contributed by atoms with E-state index in [0.717, 1.165) is 0 Å². The highest BCUT2D eigenvalue weighted by molar-refractivity contribution is 5.13. The highest BCUT2D eigenvalue weighted by Gasteiger charge is 2.81. The van der Waals surface area contributed by atoms with Crippen molar-refractivity contribution in [2.24, 2.45) is 0 Å². The highest BCUT2D eigenvalue weighted by Crippen LogP contribution is 2.53. The zero-order valence-electron chi connectivity index (χ0n) is 9.45. The smallest absolute Gasteiger partial charge is 0.195 e. The fourth-order valence-electron chi connectivity index (χ4n) is 0.796. The van der Waals surface area contributed by atoms with Gasteiger partial charge in [0.15, 0.2) is 0 Å². The van der Waals surface area contributed by atoms with Crippen LogP contribution in [-0.4, -0.2) is 36.0 Å². The minimum absolute atomic E-state index is 1.94. The maximum absolute atomic E-state index is 12.6. The molecule has 0 saturated carbocycles. The second kappa shape index (κ2) is 5.15. The van der Waals surface area contributed by atoms with Crippen molar-refractivity contribution in [3.05, 3.63) is 12.2 Å². The molecule has 0 rings (SSSR count). The molecule has 0 bridgehead atoms. The number of hydrogen-bond acceptors (Lipinski definition) is 0. The van der Waals surface area contributed by atoms with Gasteiger partial charge >= 0.3 is 36.0 Å². The molecule has 0 spiro atoms. The van der Waals surface area contributed by atoms with Gasteiger partial charge < -0.3 is 0 Å². The standard InChI is InChI=1S/C8H2F14/c9-3(10,1-2-4(11,12)7(17,18)19)5(13,14)6(15,16)8(20,21)22/h1-2H/b2-1+. The summed E-state index contributed by atoms with van der Waals surface area (Å²) in [5, 5.41) is 0. The van der Waals surface area contributed by atoms with Crippen LogP contribution in [0.15, 0.2) is 12.2 Å². The van der Waals surface area contributed by atoms with Crippen molar-refractivity contribution in [1.29, 1.82) is 0 Å². The summed E-state index contributed by atoms with van der Waals surface area (Å²) in [6, 6.07) is 0. The third-order valence-corrected chi connectivity index (χ3v) is 2.05. The molecular weight excluding hydrogens is 362 g/mol. The average molecular weight is 364 g/mol. The third kappa shape index (κ3) is 3.39. The van der Waals surface area contributed by atoms with Gasteiger partial charge in [0, 0.05) is 0 Å². The van der Waals surface area contributed by atoms with Crippen LogP contribution >= 0.6 is 0 Å². The molecule has 0 radical (unpaired) electrons. The Labute approximate surface area is 111 Å². The summed E-state index contributed by atoms with van der Waals surface area (Å²) >= 11 is 0. The molecule has 0 aromatic heterocycles. The van der Waals surface area contributed by atoms with E-state index in [9.17, 15) is 61.5 Å². The molecule has 0 nitrogen and oxygen atoms in total. The Bertz CT molecular complexity index is 421. The summed E-state index contributed by atoms with van der Waals surface area (Å²) < 4.78 is 169. The molecule has 0 heterocycles. The van der Waals surface area contributed by atoms with Crippen molar-refractivity contribution in [3.8, 4) is 0 Å². The van der Waals surface area contributed by atoms with Crippen molar-refractivity contribution in [1.82, 2.24) is 0 Å². The minimum Gasteiger partial charge on any atom is -0.195 e. The van der Waals surface area contributed by atoms with Gasteiger partial charge in [0.2, 0.25) is 0 Å². The number of rotatable bonds is 4. The van der Waals surface area contributed by atoms with E-state index >= 15 is 0 Å². The maximum atomic E-state index is 12.6. The summed E-state index contributed by atoms with van der Waals surface area (Å²) in [6.45, 7) is 0. The first kappa shape index (κ1) is 20.8. The van der Waals surface area contributed by atoms with Crippen molar-refractivity contribution in [3.63, 3.8) is 0 Å². The molecule has 0 N–H and O–H groups in total. The van der Waals surface area contributed by atoms with Crippen LogP contribution in [0.3, 0.4) is 0 Å². The fraction of sp³-hybridized carbons (Fsp3) is 0.750. The van der Waals surface area contributed by atoms with Gasteiger partial charge in [-0.25, -0.2) is 0 Å². The van der Waals surface area contributed by atoms with E-state index in [2.05, 4.69) is 0 Å². The molecule has 0 saturated heterocycles. The normalized spacial score (nSPS) is 16.5. The lowest BCUT2D eigenvalue weighted by Crippen LogP contribution is -2.60. The summed E-state index contributed by atoms with van der Waals surface area (Å²) in [5.74, 6) is -27.5. The second-order valence-electron chi connectivity index (χ2n) is 3.72. The first-order valence-corrected chi connectivity index (χ1v) is 4.56. The number of hydrogen-bond donors (Lipinski definition) is 0. The van der Waals surface area contributed by atoms with Gasteiger partial charge in [-0.3, -0.25) is 0 Å². The SMILES string of the molecule is FC(F)(F)C(F)(F)/C=C/C(F)(F)C(F)(F)C(F)(F)C(F)(F)F. The van der Waals surface area contributed by atoms with Gasteiger partial charge in [-0.05, 0) is 12.2 Å². The number of alkyl halides is 14. The van der Waals surface area contributed by atoms with Crippen LogP contribution in [0.5, 0.6) is 0 Å². The van der Waals surface area contributed by atoms with E-state index in [4.69, 9.17) is 0 Å². The molecule has 0 fully saturated rings. The molecule has 0 aromatic rings. The van der Waals surface area contributed by atoms with E-state index in [-0.39, 0.29) is 0 Å². The summed E-state index contributed by atoms with van der Waals surface area (Å²) in [5.41, 5.74) is 0. The lowest BCUT2D eigenvalue weighted by atomic mass is 10.0. The first-order valence-electron chi connectivity index (χ1n) is 4.56. The van der Waals surface area contributed by atoms with E-state index in [1.54, 1.807) is 0 Å². The Hall–Kier alpha value is -1.24. The van der Waals surface area contributed by atoms with Gasteiger partial charge in [-0.1, -0.05) is 0 Å². The zero-order chi connectivity index (χ0) is 18.4. The van der Waals surface area contributed by atoms with Gasteiger partial charge in [0.25, 0.3) is 0 Å². The lowest BCUT2D eigenvalue weighted by molar-refractivity contribution is -0.388. The maximum Gasteiger partial charge on any atom is 0.460 e. The molecule has 0 aliphatic rings. The number of allylic oxidation sites excluding steroid dienone is 2. The second-order valence-corrected chi connectivity index (χ2v) is 3.72. The molecular formula is C8H2F14. The summed E-state index contributed by atoms with van der Waals surface area (Å²) in [4.78, 5) is 0. The van der Waals surface area contributed by atoms with E-state index in [0.29, 0.717) is 0 Å². The zero-order valence-corrected chi connectivity index (χ0v) is 9.45. The van der Waals surface area contributed by atoms with Crippen LogP contribution in [0, 0.1) is 0 Å². The van der Waals surface area contributed by atoms with E-state index in [1.807, 2.05) is 0 Å². The Kier molecular flexibility index (Phi) is 4.86. The molecule has 14 heteroatoms. The van der Waals surface area contributed by atoms with Crippen LogP contribution in [0.2, 0.25) is 0 Å². The lowest BCUT2D eigenvalue weighted by Gasteiger charge is -2.32. The third-order valence-electron chi connectivity index (χ3n) is 2.05. The molecule has 132 valence electrons. The van der Waals surface area contributed by atoms with Crippen LogP contribution < -0.4 is 0 Å². The first-order chi connectivity index (χ1) is 9.21. The van der Waals surface area contributed by atoms with Crippen LogP contribution in [0.4, 0.5) is 61.5 Å². The Morgan fingerprint density at radius 1 is 0.364 bits per heavy atom. The number of halogens is 14. The van der Waals surface area contributed by atoms with Crippen LogP contribution in [0.25, 0.3) is 0 Å². The van der Waals surface area contributed by atoms with Crippen molar-refractivity contribution in [2.45, 2.75) is 36.0 Å². The fourth-order valence-corrected chi connectivity index (χ4v) is 0.796. The van der Waals surface area contributed by atoms with Gasteiger partial charge in [0.1, 0.15) is 0 Å². The molecule has 0 aliphatic carbocycles. The van der Waals surface area contributed by atoms with E-state index < -0.39 is 48.2 Å². The Balaban J connectivity index is 5.76. The Morgan fingerprint density at radius 3 is 0.955 bits per heavy atom. The summed E-state index contributed by atoms with van der Waals surface area (Å²) in [7, 11) is 0. The summed E-state index contributed by atoms with van der Waals surface area (Å²) in [6.07, 6.45) is -17.8. The van der Waals surface area contributed by atoms with Crippen molar-refractivity contribution >= 4 is 0 Å². The van der Waals surface area contributed by atoms with Crippen molar-refractivity contribution < 1.29 is 61.5 Å². The van der Waals surface area contributed by atoms with Crippen LogP contribution in [0.1, 0.15) is 0 Å². The molecule has 0 aromatic carbocycles. The molecule has 0 amide bonds. The molecule has 0 aliphatic heterocycles. The molecule has 0 unspecified atom stereocenters. The molecule has 0 atom stereocenters. The predicted octanol–water partition coefficient (Wildman–Crippen LogP) is 5.21. The average Bonchev–Trinajstić information content (AvgIpc) is 2.23. The minimum atomic E-state index is -7.39. The van der Waals surface area contributed by atoms with Crippen molar-refractivity contribution in [2.75, 3.05) is 0 Å². The van der Waals surface area contributed by atoms with Crippen LogP contribution in [-0.2, 0) is 0 Å². The van der Waals surface area contributed by atoms with Gasteiger partial charge in [-0.2, -0.15) is 61.5 Å². The topological polar surface area (TPSA) is 0 Å². The molecule has 22 heavy (non-hydrogen) atoms. The van der Waals surface area contributed by atoms with E-state index in [1.165, 1.54) is 0 Å². The highest BCUT2D eigenvalue weighted by atomic mass is 19.4. The monoisotopic (exact) mass is 364 g/mol. The van der Waals surface area contributed by atoms with Gasteiger partial charge in [-0.15, -0.1) is 0 Å². The quantitative estimate of drug-likeness (QED) is 0.475. The van der Waals surface area contributed by atoms with Gasteiger partial charge in [0.05, 0.1) is 0 Å². The predicted molar refractivity (Wildman–Crippen MR) is 41.0 cm³/mol. The Morgan fingerprint density at radius 2 is 0.682 bits per heavy atom.